The van der Waals surface area contributed by atoms with Gasteiger partial charge in [0.1, 0.15) is 6.61 Å². The molecule has 0 aliphatic carbocycles. The van der Waals surface area contributed by atoms with E-state index in [0.717, 1.165) is 0 Å². The number of halogens is 1. The molecule has 2 nitrogen and oxygen atoms in total. The largest absolute Gasteiger partial charge is 0.493 e. The molecule has 1 aromatic rings. The van der Waals surface area contributed by atoms with Crippen molar-refractivity contribution >= 4 is 0 Å². The third-order valence-electron chi connectivity index (χ3n) is 1.45. The summed E-state index contributed by atoms with van der Waals surface area (Å²) in [7, 11) is 1.44. The van der Waals surface area contributed by atoms with Crippen LogP contribution in [0.25, 0.3) is 0 Å². The van der Waals surface area contributed by atoms with Crippen molar-refractivity contribution in [2.75, 3.05) is 13.7 Å². The van der Waals surface area contributed by atoms with E-state index in [9.17, 15) is 4.39 Å². The molecule has 0 amide bonds. The fourth-order valence-electron chi connectivity index (χ4n) is 0.904. The van der Waals surface area contributed by atoms with Gasteiger partial charge in [0.25, 0.3) is 0 Å². The number of ether oxygens (including phenoxy) is 2. The molecule has 0 saturated heterocycles. The fraction of sp³-hybridized carbons (Fsp3) is 0.200. The van der Waals surface area contributed by atoms with Gasteiger partial charge in [0.2, 0.25) is 0 Å². The summed E-state index contributed by atoms with van der Waals surface area (Å²) >= 11 is 0. The van der Waals surface area contributed by atoms with E-state index in [2.05, 4.69) is 5.92 Å². The van der Waals surface area contributed by atoms with Gasteiger partial charge in [-0.15, -0.1) is 6.42 Å². The second-order valence-electron chi connectivity index (χ2n) is 2.26. The summed E-state index contributed by atoms with van der Waals surface area (Å²) < 4.78 is 22.9. The van der Waals surface area contributed by atoms with E-state index < -0.39 is 5.82 Å². The van der Waals surface area contributed by atoms with Crippen LogP contribution in [0.1, 0.15) is 0 Å². The number of rotatable bonds is 3. The molecule has 3 heteroatoms. The zero-order valence-electron chi connectivity index (χ0n) is 7.21. The lowest BCUT2D eigenvalue weighted by atomic mass is 10.3. The fourth-order valence-corrected chi connectivity index (χ4v) is 0.904. The third-order valence-corrected chi connectivity index (χ3v) is 1.45. The van der Waals surface area contributed by atoms with Crippen molar-refractivity contribution in [3.63, 3.8) is 0 Å². The highest BCUT2D eigenvalue weighted by molar-refractivity contribution is 5.40. The summed E-state index contributed by atoms with van der Waals surface area (Å²) in [5.41, 5.74) is 0. The van der Waals surface area contributed by atoms with Crippen LogP contribution in [0.5, 0.6) is 11.5 Å². The van der Waals surface area contributed by atoms with Gasteiger partial charge in [-0.25, -0.2) is 4.39 Å². The average Bonchev–Trinajstić information content (AvgIpc) is 2.15. The van der Waals surface area contributed by atoms with Gasteiger partial charge in [-0.3, -0.25) is 0 Å². The normalized spacial score (nSPS) is 9.00. The molecular weight excluding hydrogens is 171 g/mol. The molecule has 0 N–H and O–H groups in total. The van der Waals surface area contributed by atoms with Crippen molar-refractivity contribution in [2.24, 2.45) is 0 Å². The van der Waals surface area contributed by atoms with Crippen molar-refractivity contribution in [3.05, 3.63) is 24.0 Å². The molecular formula is C10H9FO2. The van der Waals surface area contributed by atoms with Crippen molar-refractivity contribution in [3.8, 4) is 23.8 Å². The first-order valence-electron chi connectivity index (χ1n) is 3.68. The van der Waals surface area contributed by atoms with Crippen LogP contribution in [-0.4, -0.2) is 13.7 Å². The molecule has 0 fully saturated rings. The van der Waals surface area contributed by atoms with Crippen molar-refractivity contribution in [2.45, 2.75) is 0 Å². The monoisotopic (exact) mass is 180 g/mol. The standard InChI is InChI=1S/C10H9FO2/c1-3-7-13-10-8(11)5-4-6-9(10)12-2/h1,4-6H,7H2,2H3. The number of para-hydroxylation sites is 1. The highest BCUT2D eigenvalue weighted by Crippen LogP contribution is 2.29. The maximum absolute atomic E-state index is 13.1. The van der Waals surface area contributed by atoms with E-state index in [0.29, 0.717) is 5.75 Å². The van der Waals surface area contributed by atoms with Gasteiger partial charge in [0, 0.05) is 0 Å². The van der Waals surface area contributed by atoms with Crippen molar-refractivity contribution in [1.29, 1.82) is 0 Å². The molecule has 0 atom stereocenters. The number of hydrogen-bond donors (Lipinski definition) is 0. The van der Waals surface area contributed by atoms with Crippen LogP contribution in [-0.2, 0) is 0 Å². The van der Waals surface area contributed by atoms with Gasteiger partial charge in [-0.05, 0) is 12.1 Å². The van der Waals surface area contributed by atoms with Crippen molar-refractivity contribution < 1.29 is 13.9 Å². The minimum atomic E-state index is -0.477. The molecule has 0 aliphatic rings. The number of hydrogen-bond acceptors (Lipinski definition) is 2. The van der Waals surface area contributed by atoms with Gasteiger partial charge in [0.05, 0.1) is 7.11 Å². The maximum Gasteiger partial charge on any atom is 0.198 e. The summed E-state index contributed by atoms with van der Waals surface area (Å²) in [6.45, 7) is 0.0251. The molecule has 0 bridgehead atoms. The summed E-state index contributed by atoms with van der Waals surface area (Å²) in [6.07, 6.45) is 4.98. The highest BCUT2D eigenvalue weighted by Gasteiger charge is 2.08. The molecule has 0 unspecified atom stereocenters. The first kappa shape index (κ1) is 9.40. The van der Waals surface area contributed by atoms with Crippen molar-refractivity contribution in [1.82, 2.24) is 0 Å². The summed E-state index contributed by atoms with van der Waals surface area (Å²) in [6, 6.07) is 4.43. The second-order valence-corrected chi connectivity index (χ2v) is 2.26. The molecule has 0 radical (unpaired) electrons. The number of methoxy groups -OCH3 is 1. The number of terminal acetylenes is 1. The summed E-state index contributed by atoms with van der Waals surface area (Å²) in [5, 5.41) is 0. The van der Waals surface area contributed by atoms with Crippen LogP contribution in [0.3, 0.4) is 0 Å². The van der Waals surface area contributed by atoms with Gasteiger partial charge in [-0.2, -0.15) is 0 Å². The second kappa shape index (κ2) is 4.36. The van der Waals surface area contributed by atoms with Gasteiger partial charge in [-0.1, -0.05) is 12.0 Å². The minimum absolute atomic E-state index is 0.0251. The van der Waals surface area contributed by atoms with E-state index in [1.165, 1.54) is 19.2 Å². The SMILES string of the molecule is C#CCOc1c(F)cccc1OC. The lowest BCUT2D eigenvalue weighted by molar-refractivity contribution is 0.313. The summed E-state index contributed by atoms with van der Waals surface area (Å²) in [5.74, 6) is 2.17. The Morgan fingerprint density at radius 1 is 1.54 bits per heavy atom. The zero-order valence-corrected chi connectivity index (χ0v) is 7.21. The quantitative estimate of drug-likeness (QED) is 0.661. The smallest absolute Gasteiger partial charge is 0.198 e. The Morgan fingerprint density at radius 3 is 2.92 bits per heavy atom. The molecule has 13 heavy (non-hydrogen) atoms. The average molecular weight is 180 g/mol. The maximum atomic E-state index is 13.1. The Bertz CT molecular complexity index is 328. The predicted molar refractivity (Wildman–Crippen MR) is 47.3 cm³/mol. The van der Waals surface area contributed by atoms with Gasteiger partial charge < -0.3 is 9.47 Å². The Morgan fingerprint density at radius 2 is 2.31 bits per heavy atom. The third kappa shape index (κ3) is 2.12. The Labute approximate surface area is 76.3 Å². The lowest BCUT2D eigenvalue weighted by Crippen LogP contribution is -1.98. The molecule has 0 aliphatic heterocycles. The van der Waals surface area contributed by atoms with Crippen LogP contribution in [0.2, 0.25) is 0 Å². The summed E-state index contributed by atoms with van der Waals surface area (Å²) in [4.78, 5) is 0. The minimum Gasteiger partial charge on any atom is -0.493 e. The van der Waals surface area contributed by atoms with Gasteiger partial charge >= 0.3 is 0 Å². The molecule has 0 saturated carbocycles. The Hall–Kier alpha value is -1.69. The first-order chi connectivity index (χ1) is 6.29. The van der Waals surface area contributed by atoms with E-state index >= 15 is 0 Å². The van der Waals surface area contributed by atoms with E-state index in [1.807, 2.05) is 0 Å². The van der Waals surface area contributed by atoms with Crippen LogP contribution in [0.15, 0.2) is 18.2 Å². The number of benzene rings is 1. The Balaban J connectivity index is 2.95. The van der Waals surface area contributed by atoms with Gasteiger partial charge in [0.15, 0.2) is 17.3 Å². The van der Waals surface area contributed by atoms with E-state index in [4.69, 9.17) is 15.9 Å². The lowest BCUT2D eigenvalue weighted by Gasteiger charge is -2.08. The molecule has 0 spiro atoms. The van der Waals surface area contributed by atoms with E-state index in [1.54, 1.807) is 6.07 Å². The first-order valence-corrected chi connectivity index (χ1v) is 3.68. The molecule has 68 valence electrons. The van der Waals surface area contributed by atoms with E-state index in [-0.39, 0.29) is 12.4 Å². The van der Waals surface area contributed by atoms with Crippen LogP contribution < -0.4 is 9.47 Å². The molecule has 0 aromatic heterocycles. The Kier molecular flexibility index (Phi) is 3.15. The van der Waals surface area contributed by atoms with Crippen LogP contribution in [0.4, 0.5) is 4.39 Å². The molecule has 0 heterocycles. The molecule has 1 rings (SSSR count). The zero-order chi connectivity index (χ0) is 9.68. The van der Waals surface area contributed by atoms with Crippen LogP contribution >= 0.6 is 0 Å². The topological polar surface area (TPSA) is 18.5 Å². The highest BCUT2D eigenvalue weighted by atomic mass is 19.1. The predicted octanol–water partition coefficient (Wildman–Crippen LogP) is 1.85. The molecule has 1 aromatic carbocycles. The van der Waals surface area contributed by atoms with Crippen LogP contribution in [0, 0.1) is 18.2 Å².